The van der Waals surface area contributed by atoms with E-state index in [2.05, 4.69) is 0 Å². The molecule has 1 rings (SSSR count). The molecule has 1 aliphatic heterocycles. The zero-order valence-corrected chi connectivity index (χ0v) is 8.40. The molecule has 0 aromatic heterocycles. The van der Waals surface area contributed by atoms with Gasteiger partial charge in [0.15, 0.2) is 0 Å². The summed E-state index contributed by atoms with van der Waals surface area (Å²) in [6.07, 6.45) is 1.16. The number of aliphatic hydroxyl groups is 1. The van der Waals surface area contributed by atoms with Gasteiger partial charge in [-0.2, -0.15) is 0 Å². The van der Waals surface area contributed by atoms with Crippen LogP contribution < -0.4 is 0 Å². The van der Waals surface area contributed by atoms with E-state index < -0.39 is 11.6 Å². The molecule has 1 saturated heterocycles. The van der Waals surface area contributed by atoms with Crippen molar-refractivity contribution in [2.75, 3.05) is 33.4 Å². The fourth-order valence-corrected chi connectivity index (χ4v) is 1.70. The highest BCUT2D eigenvalue weighted by atomic mass is 16.5. The number of carboxylic acids is 1. The molecule has 0 atom stereocenters. The summed E-state index contributed by atoms with van der Waals surface area (Å²) in [5, 5.41) is 18.6. The molecule has 0 saturated carbocycles. The molecule has 14 heavy (non-hydrogen) atoms. The molecule has 0 bridgehead atoms. The van der Waals surface area contributed by atoms with E-state index >= 15 is 0 Å². The Labute approximate surface area is 83.3 Å². The van der Waals surface area contributed by atoms with Crippen LogP contribution in [0.25, 0.3) is 0 Å². The average molecular weight is 203 g/mol. The third kappa shape index (κ3) is 3.61. The molecule has 1 aliphatic rings. The molecule has 5 nitrogen and oxygen atoms in total. The molecule has 2 N–H and O–H groups in total. The third-order valence-electron chi connectivity index (χ3n) is 2.39. The summed E-state index contributed by atoms with van der Waals surface area (Å²) >= 11 is 0. The number of rotatable bonds is 4. The molecule has 0 spiro atoms. The summed E-state index contributed by atoms with van der Waals surface area (Å²) in [5.74, 6) is -0.872. The van der Waals surface area contributed by atoms with Gasteiger partial charge in [0.05, 0.1) is 12.1 Å². The summed E-state index contributed by atoms with van der Waals surface area (Å²) < 4.78 is 5.13. The number of carboxylic acid groups (broad SMARTS) is 1. The number of nitrogens with zero attached hydrogens (tertiary/aromatic N) is 1. The quantitative estimate of drug-likeness (QED) is 0.647. The van der Waals surface area contributed by atoms with Gasteiger partial charge in [-0.1, -0.05) is 0 Å². The van der Waals surface area contributed by atoms with Gasteiger partial charge < -0.3 is 14.9 Å². The molecular weight excluding hydrogens is 186 g/mol. The molecule has 0 unspecified atom stereocenters. The molecule has 82 valence electrons. The lowest BCUT2D eigenvalue weighted by atomic mass is 9.94. The standard InChI is InChI=1S/C9H17NO4/c1-10(6-8(11)12)7-9(13)2-4-14-5-3-9/h13H,2-7H2,1H3,(H,11,12). The SMILES string of the molecule is CN(CC(=O)O)CC1(O)CCOCC1. The second kappa shape index (κ2) is 4.72. The Morgan fingerprint density at radius 3 is 2.57 bits per heavy atom. The monoisotopic (exact) mass is 203 g/mol. The fraction of sp³-hybridized carbons (Fsp3) is 0.889. The van der Waals surface area contributed by atoms with Crippen LogP contribution in [0.5, 0.6) is 0 Å². The summed E-state index contributed by atoms with van der Waals surface area (Å²) in [7, 11) is 1.70. The molecule has 0 aromatic rings. The van der Waals surface area contributed by atoms with Crippen LogP contribution in [-0.2, 0) is 9.53 Å². The lowest BCUT2D eigenvalue weighted by Gasteiger charge is -2.34. The molecule has 5 heteroatoms. The Bertz CT molecular complexity index is 201. The predicted octanol–water partition coefficient (Wildman–Crippen LogP) is -0.456. The Hall–Kier alpha value is -0.650. The highest BCUT2D eigenvalue weighted by Gasteiger charge is 2.31. The summed E-state index contributed by atoms with van der Waals surface area (Å²) in [5.41, 5.74) is -0.775. The first-order chi connectivity index (χ1) is 6.52. The first-order valence-corrected chi connectivity index (χ1v) is 4.72. The van der Waals surface area contributed by atoms with Crippen molar-refractivity contribution in [2.24, 2.45) is 0 Å². The largest absolute Gasteiger partial charge is 0.480 e. The number of aliphatic carboxylic acids is 1. The van der Waals surface area contributed by atoms with Gasteiger partial charge in [0, 0.05) is 32.6 Å². The maximum Gasteiger partial charge on any atom is 0.317 e. The number of hydrogen-bond acceptors (Lipinski definition) is 4. The van der Waals surface area contributed by atoms with Crippen molar-refractivity contribution in [3.8, 4) is 0 Å². The second-order valence-electron chi connectivity index (χ2n) is 3.90. The molecule has 0 aromatic carbocycles. The smallest absolute Gasteiger partial charge is 0.317 e. The summed E-state index contributed by atoms with van der Waals surface area (Å²) in [6.45, 7) is 1.46. The normalized spacial score (nSPS) is 21.1. The molecule has 0 aliphatic carbocycles. The van der Waals surface area contributed by atoms with E-state index in [9.17, 15) is 9.90 Å². The molecule has 0 radical (unpaired) electrons. The minimum atomic E-state index is -0.872. The van der Waals surface area contributed by atoms with Crippen LogP contribution in [0.3, 0.4) is 0 Å². The topological polar surface area (TPSA) is 70.0 Å². The third-order valence-corrected chi connectivity index (χ3v) is 2.39. The maximum atomic E-state index is 10.4. The van der Waals surface area contributed by atoms with Gasteiger partial charge >= 0.3 is 5.97 Å². The van der Waals surface area contributed by atoms with Gasteiger partial charge in [-0.15, -0.1) is 0 Å². The van der Waals surface area contributed by atoms with Crippen molar-refractivity contribution in [1.29, 1.82) is 0 Å². The maximum absolute atomic E-state index is 10.4. The van der Waals surface area contributed by atoms with Crippen LogP contribution in [-0.4, -0.2) is 60.0 Å². The van der Waals surface area contributed by atoms with Gasteiger partial charge in [-0.25, -0.2) is 0 Å². The lowest BCUT2D eigenvalue weighted by Crippen LogP contribution is -2.46. The lowest BCUT2D eigenvalue weighted by molar-refractivity contribution is -0.139. The molecule has 0 amide bonds. The van der Waals surface area contributed by atoms with Crippen LogP contribution in [0, 0.1) is 0 Å². The predicted molar refractivity (Wildman–Crippen MR) is 50.1 cm³/mol. The first-order valence-electron chi connectivity index (χ1n) is 4.72. The summed E-state index contributed by atoms with van der Waals surface area (Å²) in [4.78, 5) is 12.0. The van der Waals surface area contributed by atoms with Gasteiger partial charge in [0.1, 0.15) is 0 Å². The minimum Gasteiger partial charge on any atom is -0.480 e. The molecule has 1 fully saturated rings. The van der Waals surface area contributed by atoms with Crippen LogP contribution in [0.4, 0.5) is 0 Å². The first kappa shape index (κ1) is 11.4. The van der Waals surface area contributed by atoms with E-state index in [-0.39, 0.29) is 6.54 Å². The van der Waals surface area contributed by atoms with Gasteiger partial charge in [-0.05, 0) is 7.05 Å². The van der Waals surface area contributed by atoms with Gasteiger partial charge in [0.25, 0.3) is 0 Å². The minimum absolute atomic E-state index is 0.0385. The van der Waals surface area contributed by atoms with Crippen molar-refractivity contribution in [2.45, 2.75) is 18.4 Å². The van der Waals surface area contributed by atoms with Crippen LogP contribution >= 0.6 is 0 Å². The number of hydrogen-bond donors (Lipinski definition) is 2. The van der Waals surface area contributed by atoms with Crippen molar-refractivity contribution in [1.82, 2.24) is 4.90 Å². The van der Waals surface area contributed by atoms with Crippen LogP contribution in [0.1, 0.15) is 12.8 Å². The zero-order chi connectivity index (χ0) is 10.6. The molecular formula is C9H17NO4. The van der Waals surface area contributed by atoms with Crippen molar-refractivity contribution >= 4 is 5.97 Å². The van der Waals surface area contributed by atoms with E-state index in [0.29, 0.717) is 32.6 Å². The number of likely N-dealkylation sites (N-methyl/N-ethyl adjacent to an activating group) is 1. The average Bonchev–Trinajstić information content (AvgIpc) is 2.02. The van der Waals surface area contributed by atoms with E-state index in [4.69, 9.17) is 9.84 Å². The zero-order valence-electron chi connectivity index (χ0n) is 8.40. The summed E-state index contributed by atoms with van der Waals surface area (Å²) in [6, 6.07) is 0. The van der Waals surface area contributed by atoms with Crippen LogP contribution in [0.15, 0.2) is 0 Å². The van der Waals surface area contributed by atoms with Gasteiger partial charge in [-0.3, -0.25) is 9.69 Å². The van der Waals surface area contributed by atoms with E-state index in [0.717, 1.165) is 0 Å². The second-order valence-corrected chi connectivity index (χ2v) is 3.90. The van der Waals surface area contributed by atoms with Crippen molar-refractivity contribution < 1.29 is 19.7 Å². The highest BCUT2D eigenvalue weighted by molar-refractivity contribution is 5.69. The Morgan fingerprint density at radius 2 is 2.07 bits per heavy atom. The van der Waals surface area contributed by atoms with Crippen molar-refractivity contribution in [3.63, 3.8) is 0 Å². The Kier molecular flexibility index (Phi) is 3.86. The van der Waals surface area contributed by atoms with Crippen LogP contribution in [0.2, 0.25) is 0 Å². The number of carbonyl (C=O) groups is 1. The fourth-order valence-electron chi connectivity index (χ4n) is 1.70. The Balaban J connectivity index is 2.36. The Morgan fingerprint density at radius 1 is 1.50 bits per heavy atom. The molecule has 1 heterocycles. The van der Waals surface area contributed by atoms with E-state index in [1.54, 1.807) is 11.9 Å². The van der Waals surface area contributed by atoms with Gasteiger partial charge in [0.2, 0.25) is 0 Å². The highest BCUT2D eigenvalue weighted by Crippen LogP contribution is 2.20. The number of ether oxygens (including phenoxy) is 1. The van der Waals surface area contributed by atoms with Crippen molar-refractivity contribution in [3.05, 3.63) is 0 Å². The van der Waals surface area contributed by atoms with E-state index in [1.165, 1.54) is 0 Å². The van der Waals surface area contributed by atoms with E-state index in [1.807, 2.05) is 0 Å².